The molecule has 1 rings (SSSR count). The lowest BCUT2D eigenvalue weighted by molar-refractivity contribution is -0.139. The fourth-order valence-electron chi connectivity index (χ4n) is 1.22. The molecule has 0 saturated carbocycles. The maximum atomic E-state index is 10.8. The molecule has 0 aliphatic heterocycles. The second-order valence-corrected chi connectivity index (χ2v) is 3.09. The standard InChI is InChI=1S/C10H10BNO3/c11-10(15)12-8(9(13)14)6-7-4-2-1-3-5-7/h1-5,8H,6H2,(H,12,15)(H,13,14)/t8-/m0/s1. The zero-order valence-electron chi connectivity index (χ0n) is 8.01. The molecule has 1 amide bonds. The zero-order valence-corrected chi connectivity index (χ0v) is 8.01. The molecule has 5 heteroatoms. The van der Waals surface area contributed by atoms with Gasteiger partial charge in [0.25, 0.3) is 0 Å². The minimum absolute atomic E-state index is 0.221. The summed E-state index contributed by atoms with van der Waals surface area (Å²) in [5, 5.41) is 11.0. The number of hydrogen-bond donors (Lipinski definition) is 2. The average molecular weight is 203 g/mol. The highest BCUT2D eigenvalue weighted by atomic mass is 16.4. The van der Waals surface area contributed by atoms with Gasteiger partial charge in [-0.2, -0.15) is 0 Å². The number of carboxylic acid groups (broad SMARTS) is 1. The van der Waals surface area contributed by atoms with Crippen LogP contribution in [0, 0.1) is 0 Å². The van der Waals surface area contributed by atoms with Gasteiger partial charge in [-0.05, 0) is 5.56 Å². The molecule has 1 aromatic rings. The molecule has 2 radical (unpaired) electrons. The fraction of sp³-hybridized carbons (Fsp3) is 0.200. The highest BCUT2D eigenvalue weighted by molar-refractivity contribution is 6.57. The van der Waals surface area contributed by atoms with Crippen LogP contribution in [-0.2, 0) is 11.2 Å². The van der Waals surface area contributed by atoms with Crippen LogP contribution in [0.3, 0.4) is 0 Å². The van der Waals surface area contributed by atoms with Gasteiger partial charge in [-0.15, -0.1) is 0 Å². The molecule has 2 N–H and O–H groups in total. The third-order valence-corrected chi connectivity index (χ3v) is 1.90. The van der Waals surface area contributed by atoms with Crippen LogP contribution in [0.5, 0.6) is 0 Å². The first-order valence-corrected chi connectivity index (χ1v) is 4.42. The van der Waals surface area contributed by atoms with Gasteiger partial charge in [-0.3, -0.25) is 4.79 Å². The number of hydrogen-bond acceptors (Lipinski definition) is 2. The largest absolute Gasteiger partial charge is 0.480 e. The number of benzene rings is 1. The molecule has 0 aliphatic rings. The molecule has 0 heterocycles. The van der Waals surface area contributed by atoms with Crippen molar-refractivity contribution >= 4 is 19.6 Å². The number of carboxylic acids is 1. The molecule has 0 unspecified atom stereocenters. The van der Waals surface area contributed by atoms with E-state index < -0.39 is 17.8 Å². The Morgan fingerprint density at radius 3 is 2.40 bits per heavy atom. The van der Waals surface area contributed by atoms with Crippen LogP contribution in [0.4, 0.5) is 4.79 Å². The molecule has 0 saturated heterocycles. The highest BCUT2D eigenvalue weighted by Crippen LogP contribution is 2.03. The first kappa shape index (κ1) is 11.3. The predicted octanol–water partition coefficient (Wildman–Crippen LogP) is 0.560. The van der Waals surface area contributed by atoms with Crippen LogP contribution in [-0.4, -0.2) is 30.8 Å². The molecule has 15 heavy (non-hydrogen) atoms. The van der Waals surface area contributed by atoms with Crippen molar-refractivity contribution in [2.75, 3.05) is 0 Å². The second-order valence-electron chi connectivity index (χ2n) is 3.09. The van der Waals surface area contributed by atoms with Gasteiger partial charge in [0.2, 0.25) is 7.85 Å². The maximum absolute atomic E-state index is 10.8. The molecule has 0 aromatic heterocycles. The van der Waals surface area contributed by atoms with Crippen LogP contribution in [0.25, 0.3) is 0 Å². The summed E-state index contributed by atoms with van der Waals surface area (Å²) in [6.45, 7) is 0. The SMILES string of the molecule is [B]C(=O)N[C@@H](Cc1ccccc1)C(=O)O. The number of nitrogens with one attached hydrogen (secondary N) is 1. The average Bonchev–Trinajstić information content (AvgIpc) is 2.17. The van der Waals surface area contributed by atoms with E-state index in [-0.39, 0.29) is 6.42 Å². The van der Waals surface area contributed by atoms with E-state index in [1.807, 2.05) is 6.07 Å². The predicted molar refractivity (Wildman–Crippen MR) is 55.9 cm³/mol. The Bertz CT molecular complexity index is 353. The van der Waals surface area contributed by atoms with Gasteiger partial charge in [0.05, 0.1) is 0 Å². The van der Waals surface area contributed by atoms with Crippen molar-refractivity contribution < 1.29 is 14.7 Å². The van der Waals surface area contributed by atoms with Crippen LogP contribution < -0.4 is 5.32 Å². The number of rotatable bonds is 4. The molecule has 76 valence electrons. The molecule has 0 spiro atoms. The minimum atomic E-state index is -1.10. The number of aliphatic carboxylic acids is 1. The Morgan fingerprint density at radius 2 is 1.93 bits per heavy atom. The molecule has 1 atom stereocenters. The molecule has 0 bridgehead atoms. The van der Waals surface area contributed by atoms with Gasteiger partial charge in [-0.25, -0.2) is 4.79 Å². The first-order chi connectivity index (χ1) is 7.09. The summed E-state index contributed by atoms with van der Waals surface area (Å²) in [4.78, 5) is 21.3. The summed E-state index contributed by atoms with van der Waals surface area (Å²) in [5.41, 5.74) is 0.832. The van der Waals surface area contributed by atoms with E-state index in [4.69, 9.17) is 13.0 Å². The van der Waals surface area contributed by atoms with Gasteiger partial charge in [0.1, 0.15) is 6.04 Å². The van der Waals surface area contributed by atoms with Crippen molar-refractivity contribution in [2.45, 2.75) is 12.5 Å². The van der Waals surface area contributed by atoms with Crippen molar-refractivity contribution in [3.05, 3.63) is 35.9 Å². The summed E-state index contributed by atoms with van der Waals surface area (Å²) in [5.74, 6) is -1.93. The fourth-order valence-corrected chi connectivity index (χ4v) is 1.22. The summed E-state index contributed by atoms with van der Waals surface area (Å²) in [6.07, 6.45) is 0.221. The Hall–Kier alpha value is -1.78. The third kappa shape index (κ3) is 3.85. The van der Waals surface area contributed by atoms with Crippen molar-refractivity contribution in [3.63, 3.8) is 0 Å². The topological polar surface area (TPSA) is 66.4 Å². The second kappa shape index (κ2) is 5.19. The van der Waals surface area contributed by atoms with E-state index in [1.165, 1.54) is 0 Å². The lowest BCUT2D eigenvalue weighted by Gasteiger charge is -2.13. The quantitative estimate of drug-likeness (QED) is 0.702. The first-order valence-electron chi connectivity index (χ1n) is 4.42. The van der Waals surface area contributed by atoms with Crippen molar-refractivity contribution in [1.29, 1.82) is 0 Å². The number of amides is 1. The summed E-state index contributed by atoms with van der Waals surface area (Å²) < 4.78 is 0. The minimum Gasteiger partial charge on any atom is -0.480 e. The van der Waals surface area contributed by atoms with E-state index >= 15 is 0 Å². The smallest absolute Gasteiger partial charge is 0.326 e. The van der Waals surface area contributed by atoms with Crippen molar-refractivity contribution in [2.24, 2.45) is 0 Å². The lowest BCUT2D eigenvalue weighted by Crippen LogP contribution is -2.41. The van der Waals surface area contributed by atoms with E-state index in [0.29, 0.717) is 0 Å². The van der Waals surface area contributed by atoms with E-state index in [2.05, 4.69) is 5.32 Å². The van der Waals surface area contributed by atoms with Crippen LogP contribution >= 0.6 is 0 Å². The maximum Gasteiger partial charge on any atom is 0.326 e. The molecule has 0 aliphatic carbocycles. The summed E-state index contributed by atoms with van der Waals surface area (Å²) in [7, 11) is 4.87. The van der Waals surface area contributed by atoms with Crippen LogP contribution in [0.15, 0.2) is 30.3 Å². The Balaban J connectivity index is 2.67. The monoisotopic (exact) mass is 203 g/mol. The van der Waals surface area contributed by atoms with Crippen molar-refractivity contribution in [1.82, 2.24) is 5.32 Å². The summed E-state index contributed by atoms with van der Waals surface area (Å²) >= 11 is 0. The lowest BCUT2D eigenvalue weighted by atomic mass is 10.0. The number of carbonyl (C=O) groups excluding carboxylic acids is 1. The summed E-state index contributed by atoms with van der Waals surface area (Å²) in [6, 6.07) is 8.04. The molecule has 1 aromatic carbocycles. The van der Waals surface area contributed by atoms with Crippen molar-refractivity contribution in [3.8, 4) is 0 Å². The van der Waals surface area contributed by atoms with Gasteiger partial charge in [-0.1, -0.05) is 30.3 Å². The van der Waals surface area contributed by atoms with Gasteiger partial charge < -0.3 is 10.4 Å². The molecular weight excluding hydrogens is 193 g/mol. The van der Waals surface area contributed by atoms with Gasteiger partial charge in [0.15, 0.2) is 5.81 Å². The molecule has 0 fully saturated rings. The van der Waals surface area contributed by atoms with Crippen LogP contribution in [0.1, 0.15) is 5.56 Å². The van der Waals surface area contributed by atoms with E-state index in [1.54, 1.807) is 24.3 Å². The van der Waals surface area contributed by atoms with Gasteiger partial charge >= 0.3 is 5.97 Å². The molecular formula is C10H10BNO3. The Morgan fingerprint density at radius 1 is 1.33 bits per heavy atom. The third-order valence-electron chi connectivity index (χ3n) is 1.90. The highest BCUT2D eigenvalue weighted by Gasteiger charge is 2.17. The normalized spacial score (nSPS) is 11.7. The van der Waals surface area contributed by atoms with E-state index in [9.17, 15) is 9.59 Å². The zero-order chi connectivity index (χ0) is 11.3. The van der Waals surface area contributed by atoms with E-state index in [0.717, 1.165) is 5.56 Å². The Labute approximate surface area is 88.7 Å². The van der Waals surface area contributed by atoms with Gasteiger partial charge in [0, 0.05) is 6.42 Å². The number of carbonyl (C=O) groups is 2. The molecule has 4 nitrogen and oxygen atoms in total. The van der Waals surface area contributed by atoms with Crippen LogP contribution in [0.2, 0.25) is 0 Å². The Kier molecular flexibility index (Phi) is 3.91.